The second-order valence-corrected chi connectivity index (χ2v) is 4.27. The number of aromatic amines is 1. The standard InChI is InChI=1S/C11H8ClN5O/c1-6-2-3-7(12)4-8(6)17-10-9(15-16-17)11(18)14-5-13-10/h2-5H,1H3,(H,13,14,18). The normalized spacial score (nSPS) is 11.0. The third kappa shape index (κ3) is 1.58. The number of rotatable bonds is 1. The monoisotopic (exact) mass is 261 g/mol. The molecule has 3 rings (SSSR count). The molecule has 90 valence electrons. The Kier molecular flexibility index (Phi) is 2.38. The van der Waals surface area contributed by atoms with Gasteiger partial charge in [-0.25, -0.2) is 4.98 Å². The molecule has 0 bridgehead atoms. The van der Waals surface area contributed by atoms with Gasteiger partial charge in [0.1, 0.15) is 0 Å². The van der Waals surface area contributed by atoms with E-state index in [-0.39, 0.29) is 11.1 Å². The number of aromatic nitrogens is 5. The van der Waals surface area contributed by atoms with E-state index < -0.39 is 0 Å². The largest absolute Gasteiger partial charge is 0.311 e. The van der Waals surface area contributed by atoms with Gasteiger partial charge in [-0.05, 0) is 24.6 Å². The molecular formula is C11H8ClN5O. The number of hydrogen-bond donors (Lipinski definition) is 1. The molecular weight excluding hydrogens is 254 g/mol. The second-order valence-electron chi connectivity index (χ2n) is 3.84. The van der Waals surface area contributed by atoms with Crippen LogP contribution in [0.3, 0.4) is 0 Å². The minimum Gasteiger partial charge on any atom is -0.311 e. The molecule has 1 N–H and O–H groups in total. The van der Waals surface area contributed by atoms with Crippen LogP contribution in [-0.2, 0) is 0 Å². The predicted molar refractivity (Wildman–Crippen MR) is 67.0 cm³/mol. The molecule has 18 heavy (non-hydrogen) atoms. The van der Waals surface area contributed by atoms with Gasteiger partial charge in [-0.3, -0.25) is 4.79 Å². The van der Waals surface area contributed by atoms with Crippen LogP contribution in [0.25, 0.3) is 16.9 Å². The highest BCUT2D eigenvalue weighted by Crippen LogP contribution is 2.20. The number of nitrogens with zero attached hydrogens (tertiary/aromatic N) is 4. The Bertz CT molecular complexity index is 791. The summed E-state index contributed by atoms with van der Waals surface area (Å²) >= 11 is 5.97. The fourth-order valence-electron chi connectivity index (χ4n) is 1.73. The lowest BCUT2D eigenvalue weighted by Crippen LogP contribution is -2.07. The fourth-order valence-corrected chi connectivity index (χ4v) is 1.90. The highest BCUT2D eigenvalue weighted by atomic mass is 35.5. The van der Waals surface area contributed by atoms with Crippen LogP contribution >= 0.6 is 11.6 Å². The van der Waals surface area contributed by atoms with Crippen LogP contribution in [0.15, 0.2) is 29.3 Å². The summed E-state index contributed by atoms with van der Waals surface area (Å²) in [6.45, 7) is 1.92. The lowest BCUT2D eigenvalue weighted by atomic mass is 10.2. The molecule has 0 atom stereocenters. The van der Waals surface area contributed by atoms with Gasteiger partial charge in [0, 0.05) is 5.02 Å². The van der Waals surface area contributed by atoms with Gasteiger partial charge in [-0.15, -0.1) is 5.10 Å². The van der Waals surface area contributed by atoms with Gasteiger partial charge >= 0.3 is 0 Å². The molecule has 6 nitrogen and oxygen atoms in total. The maximum atomic E-state index is 11.5. The molecule has 0 saturated heterocycles. The zero-order valence-corrected chi connectivity index (χ0v) is 10.1. The van der Waals surface area contributed by atoms with Crippen LogP contribution in [0.1, 0.15) is 5.56 Å². The number of hydrogen-bond acceptors (Lipinski definition) is 4. The van der Waals surface area contributed by atoms with E-state index in [0.29, 0.717) is 10.7 Å². The van der Waals surface area contributed by atoms with E-state index in [9.17, 15) is 4.79 Å². The first-order chi connectivity index (χ1) is 8.66. The van der Waals surface area contributed by atoms with Crippen molar-refractivity contribution in [3.63, 3.8) is 0 Å². The molecule has 2 heterocycles. The van der Waals surface area contributed by atoms with Gasteiger partial charge in [0.2, 0.25) is 0 Å². The van der Waals surface area contributed by atoms with Gasteiger partial charge in [0.25, 0.3) is 5.56 Å². The molecule has 0 unspecified atom stereocenters. The highest BCUT2D eigenvalue weighted by molar-refractivity contribution is 6.30. The minimum absolute atomic E-state index is 0.205. The molecule has 0 amide bonds. The predicted octanol–water partition coefficient (Wildman–Crippen LogP) is 1.47. The summed E-state index contributed by atoms with van der Waals surface area (Å²) in [6.07, 6.45) is 1.32. The van der Waals surface area contributed by atoms with E-state index in [1.807, 2.05) is 13.0 Å². The molecule has 3 aromatic rings. The molecule has 1 aromatic carbocycles. The molecule has 0 saturated carbocycles. The number of aryl methyl sites for hydroxylation is 1. The first-order valence-electron chi connectivity index (χ1n) is 5.22. The second kappa shape index (κ2) is 3.92. The van der Waals surface area contributed by atoms with Crippen LogP contribution in [0.2, 0.25) is 5.02 Å². The van der Waals surface area contributed by atoms with Crippen LogP contribution in [-0.4, -0.2) is 25.0 Å². The maximum absolute atomic E-state index is 11.5. The number of halogens is 1. The van der Waals surface area contributed by atoms with E-state index >= 15 is 0 Å². The van der Waals surface area contributed by atoms with Crippen molar-refractivity contribution >= 4 is 22.8 Å². The van der Waals surface area contributed by atoms with Crippen molar-refractivity contribution in [2.45, 2.75) is 6.92 Å². The van der Waals surface area contributed by atoms with Crippen molar-refractivity contribution in [3.05, 3.63) is 45.5 Å². The van der Waals surface area contributed by atoms with E-state index in [4.69, 9.17) is 11.6 Å². The van der Waals surface area contributed by atoms with E-state index in [1.54, 1.807) is 12.1 Å². The Morgan fingerprint density at radius 2 is 2.22 bits per heavy atom. The Labute approximate surface area is 106 Å². The topological polar surface area (TPSA) is 76.5 Å². The van der Waals surface area contributed by atoms with E-state index in [1.165, 1.54) is 11.0 Å². The Morgan fingerprint density at radius 1 is 1.39 bits per heavy atom. The fraction of sp³-hybridized carbons (Fsp3) is 0.0909. The average molecular weight is 262 g/mol. The summed E-state index contributed by atoms with van der Waals surface area (Å²) in [5.74, 6) is 0. The molecule has 0 aliphatic rings. The molecule has 7 heteroatoms. The maximum Gasteiger partial charge on any atom is 0.280 e. The van der Waals surface area contributed by atoms with Crippen molar-refractivity contribution in [1.82, 2.24) is 25.0 Å². The summed E-state index contributed by atoms with van der Waals surface area (Å²) < 4.78 is 1.51. The molecule has 0 spiro atoms. The minimum atomic E-state index is -0.314. The molecule has 0 radical (unpaired) electrons. The van der Waals surface area contributed by atoms with Crippen LogP contribution in [0, 0.1) is 6.92 Å². The number of nitrogens with one attached hydrogen (secondary N) is 1. The first kappa shape index (κ1) is 10.9. The molecule has 0 fully saturated rings. The van der Waals surface area contributed by atoms with Gasteiger partial charge in [0.05, 0.1) is 12.0 Å². The number of fused-ring (bicyclic) bond motifs is 1. The summed E-state index contributed by atoms with van der Waals surface area (Å²) in [6, 6.07) is 5.42. The van der Waals surface area contributed by atoms with Crippen molar-refractivity contribution < 1.29 is 0 Å². The lowest BCUT2D eigenvalue weighted by Gasteiger charge is -2.05. The third-order valence-corrected chi connectivity index (χ3v) is 2.88. The third-order valence-electron chi connectivity index (χ3n) is 2.64. The summed E-state index contributed by atoms with van der Waals surface area (Å²) in [5, 5.41) is 8.37. The summed E-state index contributed by atoms with van der Waals surface area (Å²) in [7, 11) is 0. The van der Waals surface area contributed by atoms with Crippen LogP contribution in [0.4, 0.5) is 0 Å². The number of H-pyrrole nitrogens is 1. The SMILES string of the molecule is Cc1ccc(Cl)cc1-n1nnc2c(=O)[nH]cnc21. The zero-order chi connectivity index (χ0) is 12.7. The van der Waals surface area contributed by atoms with Crippen molar-refractivity contribution in [2.24, 2.45) is 0 Å². The molecule has 0 aliphatic carbocycles. The van der Waals surface area contributed by atoms with Crippen molar-refractivity contribution in [2.75, 3.05) is 0 Å². The molecule has 0 aliphatic heterocycles. The van der Waals surface area contributed by atoms with Gasteiger partial charge in [-0.2, -0.15) is 4.68 Å². The first-order valence-corrected chi connectivity index (χ1v) is 5.60. The Morgan fingerprint density at radius 3 is 3.06 bits per heavy atom. The molecule has 2 aromatic heterocycles. The number of benzene rings is 1. The highest BCUT2D eigenvalue weighted by Gasteiger charge is 2.12. The van der Waals surface area contributed by atoms with Crippen molar-refractivity contribution in [3.8, 4) is 5.69 Å². The van der Waals surface area contributed by atoms with Crippen LogP contribution in [0.5, 0.6) is 0 Å². The van der Waals surface area contributed by atoms with Gasteiger partial charge in [-0.1, -0.05) is 22.9 Å². The summed E-state index contributed by atoms with van der Waals surface area (Å²) in [4.78, 5) is 18.1. The van der Waals surface area contributed by atoms with Gasteiger partial charge < -0.3 is 4.98 Å². The Balaban J connectivity index is 2.36. The van der Waals surface area contributed by atoms with Gasteiger partial charge in [0.15, 0.2) is 11.2 Å². The average Bonchev–Trinajstić information content (AvgIpc) is 2.77. The summed E-state index contributed by atoms with van der Waals surface area (Å²) in [5.41, 5.74) is 2.02. The van der Waals surface area contributed by atoms with Crippen LogP contribution < -0.4 is 5.56 Å². The van der Waals surface area contributed by atoms with E-state index in [2.05, 4.69) is 20.3 Å². The van der Waals surface area contributed by atoms with E-state index in [0.717, 1.165) is 11.3 Å². The lowest BCUT2D eigenvalue weighted by molar-refractivity contribution is 0.812. The van der Waals surface area contributed by atoms with Crippen molar-refractivity contribution in [1.29, 1.82) is 0 Å². The quantitative estimate of drug-likeness (QED) is 0.720. The smallest absolute Gasteiger partial charge is 0.280 e. The zero-order valence-electron chi connectivity index (χ0n) is 9.38. The Hall–Kier alpha value is -2.21.